The van der Waals surface area contributed by atoms with Crippen LogP contribution in [0.5, 0.6) is 0 Å². The number of thioether (sulfide) groups is 1. The zero-order valence-electron chi connectivity index (χ0n) is 9.56. The van der Waals surface area contributed by atoms with Gasteiger partial charge < -0.3 is 0 Å². The second kappa shape index (κ2) is 4.45. The van der Waals surface area contributed by atoms with Crippen molar-refractivity contribution in [1.29, 1.82) is 0 Å². The van der Waals surface area contributed by atoms with Crippen LogP contribution >= 0.6 is 11.8 Å². The average Bonchev–Trinajstić information content (AvgIpc) is 2.67. The molecule has 0 spiro atoms. The lowest BCUT2D eigenvalue weighted by Crippen LogP contribution is -2.24. The number of rotatable bonds is 2. The summed E-state index contributed by atoms with van der Waals surface area (Å²) in [7, 11) is 0. The van der Waals surface area contributed by atoms with Crippen LogP contribution in [0.1, 0.15) is 36.0 Å². The molecular formula is C14H15FOS. The number of hydrogen-bond acceptors (Lipinski definition) is 2. The van der Waals surface area contributed by atoms with Crippen LogP contribution in [0.2, 0.25) is 0 Å². The van der Waals surface area contributed by atoms with Crippen molar-refractivity contribution < 1.29 is 9.18 Å². The molecule has 0 aliphatic carbocycles. The monoisotopic (exact) mass is 250 g/mol. The molecule has 2 unspecified atom stereocenters. The fraction of sp³-hybridized carbons (Fsp3) is 0.500. The lowest BCUT2D eigenvalue weighted by atomic mass is 9.90. The van der Waals surface area contributed by atoms with Gasteiger partial charge in [0.25, 0.3) is 0 Å². The van der Waals surface area contributed by atoms with Crippen LogP contribution in [-0.4, -0.2) is 16.3 Å². The number of halogens is 1. The minimum Gasteiger partial charge on any atom is -0.294 e. The predicted octanol–water partition coefficient (Wildman–Crippen LogP) is 3.68. The molecule has 0 N–H and O–H groups in total. The van der Waals surface area contributed by atoms with Gasteiger partial charge in [-0.15, -0.1) is 0 Å². The van der Waals surface area contributed by atoms with Crippen molar-refractivity contribution in [1.82, 2.24) is 0 Å². The maximum absolute atomic E-state index is 13.1. The third-order valence-electron chi connectivity index (χ3n) is 3.77. The highest BCUT2D eigenvalue weighted by Crippen LogP contribution is 2.46. The highest BCUT2D eigenvalue weighted by molar-refractivity contribution is 8.00. The van der Waals surface area contributed by atoms with Gasteiger partial charge in [0.05, 0.1) is 0 Å². The third-order valence-corrected chi connectivity index (χ3v) is 5.40. The highest BCUT2D eigenvalue weighted by atomic mass is 32.2. The number of carbonyl (C=O) groups is 1. The van der Waals surface area contributed by atoms with Gasteiger partial charge in [-0.05, 0) is 37.8 Å². The molecule has 2 atom stereocenters. The van der Waals surface area contributed by atoms with Gasteiger partial charge in [-0.25, -0.2) is 4.39 Å². The van der Waals surface area contributed by atoms with Crippen LogP contribution in [0.25, 0.3) is 0 Å². The predicted molar refractivity (Wildman–Crippen MR) is 67.9 cm³/mol. The second-order valence-electron chi connectivity index (χ2n) is 5.00. The van der Waals surface area contributed by atoms with Crippen molar-refractivity contribution >= 4 is 17.5 Å². The van der Waals surface area contributed by atoms with E-state index in [1.54, 1.807) is 12.1 Å². The molecule has 1 aromatic carbocycles. The largest absolute Gasteiger partial charge is 0.294 e. The summed E-state index contributed by atoms with van der Waals surface area (Å²) in [5, 5.41) is 1.33. The van der Waals surface area contributed by atoms with Crippen LogP contribution < -0.4 is 0 Å². The highest BCUT2D eigenvalue weighted by Gasteiger charge is 2.37. The Morgan fingerprint density at radius 2 is 1.94 bits per heavy atom. The summed E-state index contributed by atoms with van der Waals surface area (Å²) in [6, 6.07) is 6.10. The van der Waals surface area contributed by atoms with Crippen molar-refractivity contribution in [2.45, 2.75) is 36.2 Å². The molecule has 3 rings (SSSR count). The number of ketones is 1. The Hall–Kier alpha value is -0.830. The molecule has 3 heteroatoms. The van der Waals surface area contributed by atoms with E-state index in [2.05, 4.69) is 0 Å². The van der Waals surface area contributed by atoms with E-state index >= 15 is 0 Å². The van der Waals surface area contributed by atoms with Crippen molar-refractivity contribution in [3.63, 3.8) is 0 Å². The summed E-state index contributed by atoms with van der Waals surface area (Å²) in [6.45, 7) is 0. The molecule has 1 aromatic rings. The summed E-state index contributed by atoms with van der Waals surface area (Å²) in [5.41, 5.74) is 0.543. The molecule has 2 saturated heterocycles. The molecule has 2 heterocycles. The van der Waals surface area contributed by atoms with Crippen LogP contribution in [0.3, 0.4) is 0 Å². The van der Waals surface area contributed by atoms with Gasteiger partial charge in [0.1, 0.15) is 5.82 Å². The quantitative estimate of drug-likeness (QED) is 0.745. The lowest BCUT2D eigenvalue weighted by Gasteiger charge is -2.26. The Bertz CT molecular complexity index is 434. The fourth-order valence-electron chi connectivity index (χ4n) is 2.95. The molecule has 1 nitrogen and oxygen atoms in total. The SMILES string of the molecule is O=C(c1cccc(F)c1)C1CC2CCC(C1)S2. The minimum absolute atomic E-state index is 0.121. The van der Waals surface area contributed by atoms with E-state index in [0.717, 1.165) is 12.8 Å². The van der Waals surface area contributed by atoms with E-state index < -0.39 is 0 Å². The van der Waals surface area contributed by atoms with Gasteiger partial charge >= 0.3 is 0 Å². The van der Waals surface area contributed by atoms with E-state index in [1.807, 2.05) is 11.8 Å². The van der Waals surface area contributed by atoms with Crippen LogP contribution in [0.15, 0.2) is 24.3 Å². The topological polar surface area (TPSA) is 17.1 Å². The molecule has 2 aliphatic rings. The van der Waals surface area contributed by atoms with E-state index in [-0.39, 0.29) is 17.5 Å². The Balaban J connectivity index is 1.78. The molecule has 2 bridgehead atoms. The van der Waals surface area contributed by atoms with Crippen LogP contribution in [0.4, 0.5) is 4.39 Å². The number of Topliss-reactive ketones (excluding diaryl/α,β-unsaturated/α-hetero) is 1. The molecular weight excluding hydrogens is 235 g/mol. The molecule has 0 radical (unpaired) electrons. The first-order valence-electron chi connectivity index (χ1n) is 6.17. The smallest absolute Gasteiger partial charge is 0.166 e. The third kappa shape index (κ3) is 2.25. The Morgan fingerprint density at radius 1 is 1.24 bits per heavy atom. The first kappa shape index (κ1) is 11.3. The van der Waals surface area contributed by atoms with Crippen LogP contribution in [-0.2, 0) is 0 Å². The number of carbonyl (C=O) groups excluding carboxylic acids is 1. The first-order valence-corrected chi connectivity index (χ1v) is 7.12. The van der Waals surface area contributed by atoms with Gasteiger partial charge in [0, 0.05) is 22.0 Å². The summed E-state index contributed by atoms with van der Waals surface area (Å²) in [6.07, 6.45) is 4.47. The molecule has 0 amide bonds. The first-order chi connectivity index (χ1) is 8.22. The summed E-state index contributed by atoms with van der Waals surface area (Å²) in [4.78, 5) is 12.3. The minimum atomic E-state index is -0.316. The number of fused-ring (bicyclic) bond motifs is 2. The van der Waals surface area contributed by atoms with Crippen molar-refractivity contribution in [3.05, 3.63) is 35.6 Å². The van der Waals surface area contributed by atoms with E-state index in [1.165, 1.54) is 25.0 Å². The number of hydrogen-bond donors (Lipinski definition) is 0. The standard InChI is InChI=1S/C14H15FOS/c15-11-3-1-2-9(6-11)14(16)10-7-12-4-5-13(8-10)17-12/h1-3,6,10,12-13H,4-5,7-8H2. The normalized spacial score (nSPS) is 31.5. The van der Waals surface area contributed by atoms with Crippen LogP contribution in [0, 0.1) is 11.7 Å². The molecule has 17 heavy (non-hydrogen) atoms. The lowest BCUT2D eigenvalue weighted by molar-refractivity contribution is 0.0906. The van der Waals surface area contributed by atoms with Crippen molar-refractivity contribution in [3.8, 4) is 0 Å². The zero-order chi connectivity index (χ0) is 11.8. The number of benzene rings is 1. The maximum atomic E-state index is 13.1. The van der Waals surface area contributed by atoms with Crippen molar-refractivity contribution in [2.24, 2.45) is 5.92 Å². The van der Waals surface area contributed by atoms with E-state index in [9.17, 15) is 9.18 Å². The molecule has 90 valence electrons. The second-order valence-corrected chi connectivity index (χ2v) is 6.61. The Morgan fingerprint density at radius 3 is 2.59 bits per heavy atom. The summed E-state index contributed by atoms with van der Waals surface area (Å²) >= 11 is 2.05. The Kier molecular flexibility index (Phi) is 2.95. The maximum Gasteiger partial charge on any atom is 0.166 e. The van der Waals surface area contributed by atoms with Gasteiger partial charge in [0.2, 0.25) is 0 Å². The Labute approximate surface area is 105 Å². The fourth-order valence-corrected chi connectivity index (χ4v) is 4.72. The zero-order valence-corrected chi connectivity index (χ0v) is 10.4. The van der Waals surface area contributed by atoms with Crippen molar-refractivity contribution in [2.75, 3.05) is 0 Å². The molecule has 0 saturated carbocycles. The molecule has 2 fully saturated rings. The summed E-state index contributed by atoms with van der Waals surface area (Å²) < 4.78 is 13.1. The van der Waals surface area contributed by atoms with Gasteiger partial charge in [-0.1, -0.05) is 12.1 Å². The summed E-state index contributed by atoms with van der Waals surface area (Å²) in [5.74, 6) is -0.0544. The van der Waals surface area contributed by atoms with Gasteiger partial charge in [-0.3, -0.25) is 4.79 Å². The molecule has 0 aromatic heterocycles. The van der Waals surface area contributed by atoms with Gasteiger partial charge in [-0.2, -0.15) is 11.8 Å². The van der Waals surface area contributed by atoms with E-state index in [0.29, 0.717) is 16.1 Å². The van der Waals surface area contributed by atoms with E-state index in [4.69, 9.17) is 0 Å². The average molecular weight is 250 g/mol. The molecule has 2 aliphatic heterocycles. The van der Waals surface area contributed by atoms with Gasteiger partial charge in [0.15, 0.2) is 5.78 Å².